The van der Waals surface area contributed by atoms with Gasteiger partial charge in [-0.15, -0.1) is 0 Å². The van der Waals surface area contributed by atoms with Crippen molar-refractivity contribution >= 4 is 0 Å². The number of allylic oxidation sites excluding steroid dienone is 1. The van der Waals surface area contributed by atoms with Crippen LogP contribution in [0.25, 0.3) is 0 Å². The van der Waals surface area contributed by atoms with Gasteiger partial charge >= 0.3 is 0 Å². The van der Waals surface area contributed by atoms with E-state index in [1.165, 1.54) is 57.8 Å². The molecule has 30 heavy (non-hydrogen) atoms. The van der Waals surface area contributed by atoms with E-state index in [2.05, 4.69) is 47.6 Å². The highest BCUT2D eigenvalue weighted by atomic mass is 16.3. The normalized spacial score (nSPS) is 46.7. The van der Waals surface area contributed by atoms with E-state index in [4.69, 9.17) is 0 Å². The van der Waals surface area contributed by atoms with Crippen LogP contribution < -0.4 is 0 Å². The number of aliphatic hydroxyl groups is 1. The van der Waals surface area contributed by atoms with E-state index >= 15 is 0 Å². The van der Waals surface area contributed by atoms with Gasteiger partial charge in [0.05, 0.1) is 6.10 Å². The molecule has 3 saturated carbocycles. The van der Waals surface area contributed by atoms with Crippen LogP contribution in [0.15, 0.2) is 11.6 Å². The van der Waals surface area contributed by atoms with Crippen molar-refractivity contribution in [3.8, 4) is 0 Å². The van der Waals surface area contributed by atoms with Crippen LogP contribution in [0.2, 0.25) is 0 Å². The highest BCUT2D eigenvalue weighted by Crippen LogP contribution is 2.67. The average molecular weight is 415 g/mol. The number of hydrogen-bond acceptors (Lipinski definition) is 1. The molecule has 0 heterocycles. The summed E-state index contributed by atoms with van der Waals surface area (Å²) < 4.78 is 0. The summed E-state index contributed by atoms with van der Waals surface area (Å²) in [6.45, 7) is 14.9. The summed E-state index contributed by atoms with van der Waals surface area (Å²) in [4.78, 5) is 0. The van der Waals surface area contributed by atoms with Gasteiger partial charge < -0.3 is 5.11 Å². The van der Waals surface area contributed by atoms with Crippen LogP contribution in [-0.2, 0) is 0 Å². The van der Waals surface area contributed by atoms with E-state index in [1.54, 1.807) is 5.57 Å². The van der Waals surface area contributed by atoms with Crippen molar-refractivity contribution in [2.75, 3.05) is 0 Å². The van der Waals surface area contributed by atoms with Gasteiger partial charge in [0, 0.05) is 5.92 Å². The predicted molar refractivity (Wildman–Crippen MR) is 128 cm³/mol. The minimum absolute atomic E-state index is 0.0951. The first-order valence-corrected chi connectivity index (χ1v) is 13.6. The molecule has 9 atom stereocenters. The number of aliphatic hydroxyl groups excluding tert-OH is 1. The quantitative estimate of drug-likeness (QED) is 0.436. The number of rotatable bonds is 6. The van der Waals surface area contributed by atoms with Gasteiger partial charge in [-0.05, 0) is 97.7 Å². The maximum absolute atomic E-state index is 10.7. The summed E-state index contributed by atoms with van der Waals surface area (Å²) in [6.07, 6.45) is 17.3. The molecule has 3 fully saturated rings. The molecule has 0 saturated heterocycles. The maximum Gasteiger partial charge on any atom is 0.0605 e. The zero-order chi connectivity index (χ0) is 21.7. The zero-order valence-electron chi connectivity index (χ0n) is 20.9. The lowest BCUT2D eigenvalue weighted by Crippen LogP contribution is -2.52. The molecule has 0 amide bonds. The Bertz CT molecular complexity index is 634. The largest absolute Gasteiger partial charge is 0.393 e. The lowest BCUT2D eigenvalue weighted by atomic mass is 9.45. The summed E-state index contributed by atoms with van der Waals surface area (Å²) in [5.74, 6) is 5.83. The Morgan fingerprint density at radius 3 is 2.47 bits per heavy atom. The molecule has 4 aliphatic carbocycles. The fourth-order valence-corrected chi connectivity index (χ4v) is 9.39. The molecule has 1 N–H and O–H groups in total. The monoisotopic (exact) mass is 414 g/mol. The summed E-state index contributed by atoms with van der Waals surface area (Å²) in [6, 6.07) is 0. The fourth-order valence-electron chi connectivity index (χ4n) is 9.39. The zero-order valence-corrected chi connectivity index (χ0v) is 20.9. The van der Waals surface area contributed by atoms with Crippen LogP contribution in [0.4, 0.5) is 0 Å². The number of hydrogen-bond donors (Lipinski definition) is 1. The molecule has 172 valence electrons. The first kappa shape index (κ1) is 22.9. The molecule has 0 aromatic carbocycles. The highest BCUT2D eigenvalue weighted by molar-refractivity contribution is 5.28. The molecule has 4 aliphatic rings. The van der Waals surface area contributed by atoms with E-state index in [-0.39, 0.29) is 6.10 Å². The lowest BCUT2D eigenvalue weighted by Gasteiger charge is -2.59. The topological polar surface area (TPSA) is 20.2 Å². The van der Waals surface area contributed by atoms with Crippen LogP contribution in [0.1, 0.15) is 112 Å². The van der Waals surface area contributed by atoms with Crippen molar-refractivity contribution in [3.63, 3.8) is 0 Å². The van der Waals surface area contributed by atoms with Crippen LogP contribution in [0.5, 0.6) is 0 Å². The van der Waals surface area contributed by atoms with Gasteiger partial charge in [0.25, 0.3) is 0 Å². The van der Waals surface area contributed by atoms with E-state index in [1.807, 2.05) is 0 Å². The highest BCUT2D eigenvalue weighted by Gasteiger charge is 2.59. The Morgan fingerprint density at radius 1 is 1.00 bits per heavy atom. The SMILES string of the molecule is CCC1C2=CC[C@H]3[C@@H]4CC[C@H]([C@H](C)CCCC(C)C)[C@@]4(C)CC[C@@H]3[C@@]2(C)CC[C@@H]1O. The lowest BCUT2D eigenvalue weighted by molar-refractivity contribution is -0.0661. The van der Waals surface area contributed by atoms with Crippen LogP contribution in [-0.4, -0.2) is 11.2 Å². The second kappa shape index (κ2) is 8.57. The third-order valence-corrected chi connectivity index (χ3v) is 11.0. The Balaban J connectivity index is 1.52. The van der Waals surface area contributed by atoms with Gasteiger partial charge in [0.2, 0.25) is 0 Å². The molecule has 0 bridgehead atoms. The standard InChI is InChI=1S/C29H50O/c1-7-21-24-12-11-22-25-14-13-23(20(4)10-8-9-19(2)3)28(25,5)17-15-26(22)29(24,6)18-16-27(21)30/h12,19-23,25-27,30H,7-11,13-18H2,1-6H3/t20-,21?,22+,23-,25+,26+,27+,28-,29+/m1/s1. The molecule has 4 rings (SSSR count). The second-order valence-corrected chi connectivity index (χ2v) is 12.8. The van der Waals surface area contributed by atoms with E-state index in [9.17, 15) is 5.11 Å². The molecule has 1 heteroatoms. The molecule has 0 aromatic heterocycles. The maximum atomic E-state index is 10.7. The Kier molecular flexibility index (Phi) is 6.53. The van der Waals surface area contributed by atoms with Crippen LogP contribution in [0.3, 0.4) is 0 Å². The molecular formula is C29H50O. The van der Waals surface area contributed by atoms with Gasteiger partial charge in [0.15, 0.2) is 0 Å². The van der Waals surface area contributed by atoms with E-state index < -0.39 is 0 Å². The summed E-state index contributed by atoms with van der Waals surface area (Å²) in [5.41, 5.74) is 2.61. The smallest absolute Gasteiger partial charge is 0.0605 e. The molecular weight excluding hydrogens is 364 g/mol. The van der Waals surface area contributed by atoms with Gasteiger partial charge in [0.1, 0.15) is 0 Å². The summed E-state index contributed by atoms with van der Waals surface area (Å²) >= 11 is 0. The molecule has 0 aromatic rings. The first-order chi connectivity index (χ1) is 14.2. The summed E-state index contributed by atoms with van der Waals surface area (Å²) in [7, 11) is 0. The minimum Gasteiger partial charge on any atom is -0.393 e. The Hall–Kier alpha value is -0.300. The van der Waals surface area contributed by atoms with Crippen LogP contribution >= 0.6 is 0 Å². The molecule has 1 unspecified atom stereocenters. The molecule has 1 nitrogen and oxygen atoms in total. The molecule has 0 radical (unpaired) electrons. The van der Waals surface area contributed by atoms with Crippen LogP contribution in [0, 0.1) is 52.3 Å². The third kappa shape index (κ3) is 3.64. The van der Waals surface area contributed by atoms with Crippen molar-refractivity contribution in [2.45, 2.75) is 118 Å². The summed E-state index contributed by atoms with van der Waals surface area (Å²) in [5, 5.41) is 10.7. The Morgan fingerprint density at radius 2 is 1.77 bits per heavy atom. The Labute approximate surface area is 187 Å². The van der Waals surface area contributed by atoms with Crippen molar-refractivity contribution in [1.82, 2.24) is 0 Å². The average Bonchev–Trinajstić information content (AvgIpc) is 3.05. The molecule has 0 spiro atoms. The van der Waals surface area contributed by atoms with Gasteiger partial charge in [-0.3, -0.25) is 0 Å². The fraction of sp³-hybridized carbons (Fsp3) is 0.931. The molecule has 0 aliphatic heterocycles. The van der Waals surface area contributed by atoms with Crippen molar-refractivity contribution in [3.05, 3.63) is 11.6 Å². The van der Waals surface area contributed by atoms with E-state index in [0.29, 0.717) is 16.7 Å². The van der Waals surface area contributed by atoms with Gasteiger partial charge in [-0.1, -0.05) is 72.5 Å². The van der Waals surface area contributed by atoms with Gasteiger partial charge in [-0.25, -0.2) is 0 Å². The first-order valence-electron chi connectivity index (χ1n) is 13.6. The predicted octanol–water partition coefficient (Wildman–Crippen LogP) is 8.02. The minimum atomic E-state index is -0.0951. The van der Waals surface area contributed by atoms with Crippen molar-refractivity contribution < 1.29 is 5.11 Å². The second-order valence-electron chi connectivity index (χ2n) is 12.8. The van der Waals surface area contributed by atoms with Crippen molar-refractivity contribution in [2.24, 2.45) is 52.3 Å². The number of fused-ring (bicyclic) bond motifs is 5. The van der Waals surface area contributed by atoms with Gasteiger partial charge in [-0.2, -0.15) is 0 Å². The van der Waals surface area contributed by atoms with Crippen molar-refractivity contribution in [1.29, 1.82) is 0 Å². The third-order valence-electron chi connectivity index (χ3n) is 11.0. The van der Waals surface area contributed by atoms with E-state index in [0.717, 1.165) is 48.3 Å².